The lowest BCUT2D eigenvalue weighted by atomic mass is 9.81. The standard InChI is InChI=1S/C28H37N3O3S3/c1-17-6-8-19(9-7-17)25(32)31(20-10-12-21(13-11-20)37-27-30-29-18(2)35-27)23-16-22(14-15-28(3,4)5)36-24(23)26(33)34/h16-17,19-21H,6-13H2,1-5H3,(H,33,34)/t17-,19-,20-,21+. The Balaban J connectivity index is 1.61. The van der Waals surface area contributed by atoms with Gasteiger partial charge in [0.2, 0.25) is 5.91 Å². The Hall–Kier alpha value is -1.89. The van der Waals surface area contributed by atoms with E-state index in [1.807, 2.05) is 38.7 Å². The molecule has 0 aliphatic heterocycles. The van der Waals surface area contributed by atoms with Crippen LogP contribution in [0.2, 0.25) is 0 Å². The molecule has 0 atom stereocenters. The van der Waals surface area contributed by atoms with Gasteiger partial charge in [-0.15, -0.1) is 21.5 Å². The number of carboxylic acid groups (broad SMARTS) is 1. The van der Waals surface area contributed by atoms with Crippen molar-refractivity contribution in [1.29, 1.82) is 0 Å². The number of aryl methyl sites for hydroxylation is 1. The van der Waals surface area contributed by atoms with Crippen LogP contribution in [0, 0.1) is 36.0 Å². The highest BCUT2D eigenvalue weighted by Crippen LogP contribution is 2.41. The molecule has 0 spiro atoms. The molecule has 1 N–H and O–H groups in total. The molecule has 2 aromatic rings. The molecule has 0 aromatic carbocycles. The average Bonchev–Trinajstić information content (AvgIpc) is 3.45. The molecular formula is C28H37N3O3S3. The molecule has 6 nitrogen and oxygen atoms in total. The molecule has 2 aromatic heterocycles. The van der Waals surface area contributed by atoms with Crippen molar-refractivity contribution >= 4 is 52.0 Å². The van der Waals surface area contributed by atoms with Gasteiger partial charge in [-0.25, -0.2) is 4.79 Å². The Morgan fingerprint density at radius 3 is 2.30 bits per heavy atom. The number of nitrogens with zero attached hydrogens (tertiary/aromatic N) is 3. The minimum absolute atomic E-state index is 0.00372. The summed E-state index contributed by atoms with van der Waals surface area (Å²) in [7, 11) is 0. The number of aromatic carboxylic acids is 1. The van der Waals surface area contributed by atoms with E-state index in [-0.39, 0.29) is 28.2 Å². The van der Waals surface area contributed by atoms with E-state index in [9.17, 15) is 14.7 Å². The van der Waals surface area contributed by atoms with Crippen LogP contribution >= 0.6 is 34.4 Å². The highest BCUT2D eigenvalue weighted by atomic mass is 32.2. The molecule has 200 valence electrons. The molecule has 2 aliphatic rings. The minimum Gasteiger partial charge on any atom is -0.477 e. The van der Waals surface area contributed by atoms with E-state index in [1.165, 1.54) is 11.3 Å². The van der Waals surface area contributed by atoms with Gasteiger partial charge in [0.15, 0.2) is 4.34 Å². The molecule has 0 bridgehead atoms. The Kier molecular flexibility index (Phi) is 9.03. The third-order valence-corrected chi connectivity index (χ3v) is 10.4. The number of thioether (sulfide) groups is 1. The largest absolute Gasteiger partial charge is 0.477 e. The Bertz CT molecular complexity index is 1170. The third kappa shape index (κ3) is 7.36. The van der Waals surface area contributed by atoms with Gasteiger partial charge in [-0.2, -0.15) is 0 Å². The molecule has 4 rings (SSSR count). The van der Waals surface area contributed by atoms with E-state index < -0.39 is 5.97 Å². The summed E-state index contributed by atoms with van der Waals surface area (Å²) in [5.41, 5.74) is 0.346. The van der Waals surface area contributed by atoms with Gasteiger partial charge in [-0.1, -0.05) is 41.9 Å². The molecule has 0 saturated heterocycles. The first kappa shape index (κ1) is 28.1. The fourth-order valence-corrected chi connectivity index (χ4v) is 8.21. The SMILES string of the molecule is Cc1nnc(S[C@H]2CC[C@@H](N(c3cc(C#CC(C)(C)C)sc3C(=O)O)C(=O)[C@H]3CC[C@H](C)CC3)CC2)s1. The zero-order chi connectivity index (χ0) is 26.7. The molecule has 2 heterocycles. The van der Waals surface area contributed by atoms with Crippen LogP contribution in [0.1, 0.15) is 98.6 Å². The van der Waals surface area contributed by atoms with E-state index in [0.717, 1.165) is 60.7 Å². The lowest BCUT2D eigenvalue weighted by Gasteiger charge is -2.39. The van der Waals surface area contributed by atoms with E-state index in [0.29, 0.717) is 21.7 Å². The van der Waals surface area contributed by atoms with Crippen LogP contribution in [-0.2, 0) is 4.79 Å². The van der Waals surface area contributed by atoms with Crippen molar-refractivity contribution in [2.45, 2.75) is 102 Å². The summed E-state index contributed by atoms with van der Waals surface area (Å²) < 4.78 is 0.998. The monoisotopic (exact) mass is 559 g/mol. The molecular weight excluding hydrogens is 523 g/mol. The average molecular weight is 560 g/mol. The van der Waals surface area contributed by atoms with Crippen molar-refractivity contribution in [2.75, 3.05) is 4.90 Å². The summed E-state index contributed by atoms with van der Waals surface area (Å²) in [5, 5.41) is 19.9. The first-order valence-corrected chi connectivity index (χ1v) is 15.7. The highest BCUT2D eigenvalue weighted by molar-refractivity contribution is 8.01. The first-order valence-electron chi connectivity index (χ1n) is 13.2. The Labute approximate surface area is 232 Å². The number of hydrogen-bond acceptors (Lipinski definition) is 7. The molecule has 0 unspecified atom stereocenters. The van der Waals surface area contributed by atoms with Crippen LogP contribution < -0.4 is 4.90 Å². The fourth-order valence-electron chi connectivity index (χ4n) is 5.11. The predicted octanol–water partition coefficient (Wildman–Crippen LogP) is 7.27. The van der Waals surface area contributed by atoms with E-state index in [2.05, 4.69) is 29.0 Å². The van der Waals surface area contributed by atoms with Crippen molar-refractivity contribution in [1.82, 2.24) is 10.2 Å². The van der Waals surface area contributed by atoms with Gasteiger partial charge >= 0.3 is 5.97 Å². The fraction of sp³-hybridized carbons (Fsp3) is 0.643. The predicted molar refractivity (Wildman–Crippen MR) is 153 cm³/mol. The summed E-state index contributed by atoms with van der Waals surface area (Å²) in [6, 6.07) is 1.84. The minimum atomic E-state index is -0.991. The van der Waals surface area contributed by atoms with E-state index in [1.54, 1.807) is 23.1 Å². The van der Waals surface area contributed by atoms with Gasteiger partial charge in [0.25, 0.3) is 0 Å². The number of rotatable bonds is 6. The number of carbonyl (C=O) groups excluding carboxylic acids is 1. The van der Waals surface area contributed by atoms with E-state index in [4.69, 9.17) is 0 Å². The molecule has 2 fully saturated rings. The highest BCUT2D eigenvalue weighted by Gasteiger charge is 2.37. The number of anilines is 1. The van der Waals surface area contributed by atoms with Crippen LogP contribution in [0.25, 0.3) is 0 Å². The second-order valence-corrected chi connectivity index (χ2v) is 15.2. The lowest BCUT2D eigenvalue weighted by molar-refractivity contribution is -0.124. The summed E-state index contributed by atoms with van der Waals surface area (Å²) in [6.45, 7) is 10.3. The molecule has 0 radical (unpaired) electrons. The van der Waals surface area contributed by atoms with Gasteiger partial charge in [0.1, 0.15) is 9.88 Å². The van der Waals surface area contributed by atoms with Crippen LogP contribution in [0.5, 0.6) is 0 Å². The number of thiophene rings is 1. The maximum absolute atomic E-state index is 14.1. The maximum atomic E-state index is 14.1. The number of hydrogen-bond donors (Lipinski definition) is 1. The smallest absolute Gasteiger partial charge is 0.348 e. The van der Waals surface area contributed by atoms with Gasteiger partial charge in [-0.3, -0.25) is 4.79 Å². The third-order valence-electron chi connectivity index (χ3n) is 7.11. The molecule has 9 heteroatoms. The van der Waals surface area contributed by atoms with E-state index >= 15 is 0 Å². The second-order valence-electron chi connectivity index (χ2n) is 11.4. The Morgan fingerprint density at radius 2 is 1.73 bits per heavy atom. The van der Waals surface area contributed by atoms with Gasteiger partial charge in [-0.05, 0) is 91.0 Å². The van der Waals surface area contributed by atoms with Crippen LogP contribution in [0.4, 0.5) is 5.69 Å². The zero-order valence-electron chi connectivity index (χ0n) is 22.4. The van der Waals surface area contributed by atoms with Crippen molar-refractivity contribution < 1.29 is 14.7 Å². The summed E-state index contributed by atoms with van der Waals surface area (Å²) in [5.74, 6) is 6.09. The van der Waals surface area contributed by atoms with Crippen LogP contribution in [0.15, 0.2) is 10.4 Å². The first-order chi connectivity index (χ1) is 17.5. The second kappa shape index (κ2) is 11.9. The zero-order valence-corrected chi connectivity index (χ0v) is 24.8. The summed E-state index contributed by atoms with van der Waals surface area (Å²) >= 11 is 4.59. The number of aromatic nitrogens is 2. The number of amides is 1. The molecule has 37 heavy (non-hydrogen) atoms. The van der Waals surface area contributed by atoms with Crippen molar-refractivity contribution in [3.63, 3.8) is 0 Å². The van der Waals surface area contributed by atoms with Gasteiger partial charge in [0, 0.05) is 22.6 Å². The lowest BCUT2D eigenvalue weighted by Crippen LogP contribution is -2.46. The number of carbonyl (C=O) groups is 2. The van der Waals surface area contributed by atoms with Gasteiger partial charge < -0.3 is 10.0 Å². The van der Waals surface area contributed by atoms with Crippen LogP contribution in [-0.4, -0.2) is 38.5 Å². The summed E-state index contributed by atoms with van der Waals surface area (Å²) in [4.78, 5) is 29.2. The molecule has 2 aliphatic carbocycles. The normalized spacial score (nSPS) is 24.2. The van der Waals surface area contributed by atoms with Crippen molar-refractivity contribution in [2.24, 2.45) is 17.3 Å². The summed E-state index contributed by atoms with van der Waals surface area (Å²) in [6.07, 6.45) is 7.47. The molecule has 1 amide bonds. The van der Waals surface area contributed by atoms with Crippen molar-refractivity contribution in [3.8, 4) is 11.8 Å². The number of carboxylic acids is 1. The quantitative estimate of drug-likeness (QED) is 0.375. The molecule has 2 saturated carbocycles. The maximum Gasteiger partial charge on any atom is 0.348 e. The van der Waals surface area contributed by atoms with Gasteiger partial charge in [0.05, 0.1) is 10.6 Å². The van der Waals surface area contributed by atoms with Crippen molar-refractivity contribution in [3.05, 3.63) is 20.8 Å². The topological polar surface area (TPSA) is 83.4 Å². The Morgan fingerprint density at radius 1 is 1.05 bits per heavy atom. The van der Waals surface area contributed by atoms with Crippen LogP contribution in [0.3, 0.4) is 0 Å².